The van der Waals surface area contributed by atoms with E-state index in [2.05, 4.69) is 17.5 Å². The number of benzene rings is 2. The molecule has 0 aliphatic carbocycles. The van der Waals surface area contributed by atoms with Crippen LogP contribution in [0.4, 0.5) is 0 Å². The fourth-order valence-electron chi connectivity index (χ4n) is 2.72. The van der Waals surface area contributed by atoms with Crippen molar-refractivity contribution in [3.05, 3.63) is 71.1 Å². The van der Waals surface area contributed by atoms with E-state index in [4.69, 9.17) is 11.6 Å². The Hall–Kier alpha value is -1.35. The smallest absolute Gasteiger partial charge is 0.0948 e. The van der Waals surface area contributed by atoms with Crippen molar-refractivity contribution >= 4 is 33.0 Å². The van der Waals surface area contributed by atoms with Crippen LogP contribution in [0, 0.1) is 0 Å². The van der Waals surface area contributed by atoms with Crippen LogP contribution < -0.4 is 0 Å². The number of halogens is 1. The van der Waals surface area contributed by atoms with Gasteiger partial charge < -0.3 is 5.11 Å². The fourth-order valence-corrected chi connectivity index (χ4v) is 4.00. The predicted molar refractivity (Wildman–Crippen MR) is 91.2 cm³/mol. The normalized spacial score (nSPS) is 14.2. The first-order chi connectivity index (χ1) is 10.2. The summed E-state index contributed by atoms with van der Waals surface area (Å²) >= 11 is 7.66. The molecule has 1 atom stereocenters. The van der Waals surface area contributed by atoms with Gasteiger partial charge in [-0.15, -0.1) is 22.9 Å². The average molecular weight is 317 g/mol. The summed E-state index contributed by atoms with van der Waals surface area (Å²) < 4.78 is 1.26. The summed E-state index contributed by atoms with van der Waals surface area (Å²) in [5, 5.41) is 14.5. The third kappa shape index (κ3) is 2.98. The van der Waals surface area contributed by atoms with E-state index in [1.807, 2.05) is 42.5 Å². The predicted octanol–water partition coefficient (Wildman–Crippen LogP) is 4.96. The molecule has 108 valence electrons. The quantitative estimate of drug-likeness (QED) is 0.660. The molecule has 0 saturated heterocycles. The highest BCUT2D eigenvalue weighted by molar-refractivity contribution is 7.17. The maximum Gasteiger partial charge on any atom is 0.0948 e. The Labute approximate surface area is 133 Å². The van der Waals surface area contributed by atoms with Gasteiger partial charge in [0, 0.05) is 17.0 Å². The Morgan fingerprint density at radius 1 is 1.00 bits per heavy atom. The molecular formula is C18H17ClOS. The lowest BCUT2D eigenvalue weighted by Gasteiger charge is -2.28. The highest BCUT2D eigenvalue weighted by atomic mass is 35.5. The van der Waals surface area contributed by atoms with Gasteiger partial charge in [0.1, 0.15) is 0 Å². The lowest BCUT2D eigenvalue weighted by Crippen LogP contribution is -2.29. The minimum absolute atomic E-state index is 0.438. The first kappa shape index (κ1) is 14.6. The number of hydrogen-bond acceptors (Lipinski definition) is 2. The first-order valence-electron chi connectivity index (χ1n) is 7.02. The van der Waals surface area contributed by atoms with Crippen LogP contribution in [0.2, 0.25) is 0 Å². The molecule has 1 unspecified atom stereocenters. The van der Waals surface area contributed by atoms with Gasteiger partial charge >= 0.3 is 0 Å². The molecule has 1 heterocycles. The van der Waals surface area contributed by atoms with Crippen molar-refractivity contribution in [2.45, 2.75) is 18.4 Å². The number of thiophene rings is 1. The second-order valence-electron chi connectivity index (χ2n) is 5.27. The molecule has 0 radical (unpaired) electrons. The molecule has 0 spiro atoms. The molecule has 3 rings (SSSR count). The van der Waals surface area contributed by atoms with E-state index in [1.54, 1.807) is 11.3 Å². The van der Waals surface area contributed by atoms with Gasteiger partial charge in [-0.25, -0.2) is 0 Å². The Morgan fingerprint density at radius 2 is 1.71 bits per heavy atom. The molecule has 0 fully saturated rings. The van der Waals surface area contributed by atoms with Crippen LogP contribution in [0.15, 0.2) is 60.0 Å². The molecule has 1 N–H and O–H groups in total. The molecule has 2 aromatic carbocycles. The number of fused-ring (bicyclic) bond motifs is 1. The molecule has 1 aromatic heterocycles. The minimum atomic E-state index is -0.910. The van der Waals surface area contributed by atoms with Crippen LogP contribution in [0.25, 0.3) is 10.1 Å². The molecule has 0 amide bonds. The van der Waals surface area contributed by atoms with Gasteiger partial charge in [0.05, 0.1) is 5.60 Å². The van der Waals surface area contributed by atoms with Crippen molar-refractivity contribution in [1.82, 2.24) is 0 Å². The molecule has 3 heteroatoms. The monoisotopic (exact) mass is 316 g/mol. The summed E-state index contributed by atoms with van der Waals surface area (Å²) in [5.41, 5.74) is 1.21. The highest BCUT2D eigenvalue weighted by Gasteiger charge is 2.29. The van der Waals surface area contributed by atoms with Crippen molar-refractivity contribution in [2.24, 2.45) is 0 Å². The van der Waals surface area contributed by atoms with Crippen LogP contribution in [0.5, 0.6) is 0 Å². The van der Waals surface area contributed by atoms with Gasteiger partial charge in [-0.05, 0) is 34.4 Å². The van der Waals surface area contributed by atoms with E-state index in [-0.39, 0.29) is 0 Å². The fraction of sp³-hybridized carbons (Fsp3) is 0.222. The second kappa shape index (κ2) is 6.18. The first-order valence-corrected chi connectivity index (χ1v) is 8.43. The third-order valence-electron chi connectivity index (χ3n) is 3.86. The molecule has 0 aliphatic heterocycles. The standard InChI is InChI=1S/C18H17ClOS/c19-11-10-18(20,15-6-2-1-3-7-15)12-14-13-21-17-9-5-4-8-16(14)17/h1-9,13,20H,10-12H2. The van der Waals surface area contributed by atoms with Crippen molar-refractivity contribution in [3.63, 3.8) is 0 Å². The van der Waals surface area contributed by atoms with Crippen molar-refractivity contribution < 1.29 is 5.11 Å². The van der Waals surface area contributed by atoms with Gasteiger partial charge in [-0.3, -0.25) is 0 Å². The van der Waals surface area contributed by atoms with E-state index in [9.17, 15) is 5.11 Å². The van der Waals surface area contributed by atoms with Gasteiger partial charge in [0.2, 0.25) is 0 Å². The number of alkyl halides is 1. The molecule has 0 aliphatic rings. The summed E-state index contributed by atoms with van der Waals surface area (Å²) in [4.78, 5) is 0. The third-order valence-corrected chi connectivity index (χ3v) is 5.06. The van der Waals surface area contributed by atoms with E-state index in [0.717, 1.165) is 5.56 Å². The zero-order valence-electron chi connectivity index (χ0n) is 11.6. The molecule has 0 bridgehead atoms. The maximum absolute atomic E-state index is 11.1. The minimum Gasteiger partial charge on any atom is -0.385 e. The molecule has 0 saturated carbocycles. The Morgan fingerprint density at radius 3 is 2.48 bits per heavy atom. The maximum atomic E-state index is 11.1. The zero-order valence-corrected chi connectivity index (χ0v) is 13.2. The number of aliphatic hydroxyl groups is 1. The highest BCUT2D eigenvalue weighted by Crippen LogP contribution is 2.34. The molecule has 21 heavy (non-hydrogen) atoms. The van der Waals surface area contributed by atoms with E-state index in [0.29, 0.717) is 18.7 Å². The Balaban J connectivity index is 1.99. The van der Waals surface area contributed by atoms with E-state index < -0.39 is 5.60 Å². The summed E-state index contributed by atoms with van der Waals surface area (Å²) in [6.07, 6.45) is 1.14. The van der Waals surface area contributed by atoms with Crippen LogP contribution in [-0.2, 0) is 12.0 Å². The van der Waals surface area contributed by atoms with E-state index in [1.165, 1.54) is 15.6 Å². The summed E-state index contributed by atoms with van der Waals surface area (Å²) in [5.74, 6) is 0.438. The van der Waals surface area contributed by atoms with Crippen LogP contribution in [-0.4, -0.2) is 11.0 Å². The lowest BCUT2D eigenvalue weighted by molar-refractivity contribution is 0.0340. The van der Waals surface area contributed by atoms with Gasteiger partial charge in [-0.1, -0.05) is 48.5 Å². The van der Waals surface area contributed by atoms with Crippen LogP contribution >= 0.6 is 22.9 Å². The van der Waals surface area contributed by atoms with Crippen LogP contribution in [0.1, 0.15) is 17.5 Å². The number of hydrogen-bond donors (Lipinski definition) is 1. The topological polar surface area (TPSA) is 20.2 Å². The molecular weight excluding hydrogens is 300 g/mol. The van der Waals surface area contributed by atoms with Gasteiger partial charge in [0.25, 0.3) is 0 Å². The zero-order chi connectivity index (χ0) is 14.7. The van der Waals surface area contributed by atoms with Crippen LogP contribution in [0.3, 0.4) is 0 Å². The van der Waals surface area contributed by atoms with E-state index >= 15 is 0 Å². The summed E-state index contributed by atoms with van der Waals surface area (Å²) in [6.45, 7) is 0. The lowest BCUT2D eigenvalue weighted by atomic mass is 9.85. The summed E-state index contributed by atoms with van der Waals surface area (Å²) in [6, 6.07) is 18.2. The SMILES string of the molecule is OC(CCCl)(Cc1csc2ccccc12)c1ccccc1. The van der Waals surface area contributed by atoms with Crippen molar-refractivity contribution in [2.75, 3.05) is 5.88 Å². The van der Waals surface area contributed by atoms with Crippen molar-refractivity contribution in [1.29, 1.82) is 0 Å². The molecule has 3 aromatic rings. The van der Waals surface area contributed by atoms with Gasteiger partial charge in [-0.2, -0.15) is 0 Å². The van der Waals surface area contributed by atoms with Gasteiger partial charge in [0.15, 0.2) is 0 Å². The summed E-state index contributed by atoms with van der Waals surface area (Å²) in [7, 11) is 0. The number of rotatable bonds is 5. The Bertz CT molecular complexity index is 722. The largest absolute Gasteiger partial charge is 0.385 e. The average Bonchev–Trinajstić information content (AvgIpc) is 2.92. The molecule has 1 nitrogen and oxygen atoms in total. The second-order valence-corrected chi connectivity index (χ2v) is 6.56. The van der Waals surface area contributed by atoms with Crippen molar-refractivity contribution in [3.8, 4) is 0 Å². The Kier molecular flexibility index (Phi) is 4.29.